The molecule has 2 N–H and O–H groups in total. The first-order valence-corrected chi connectivity index (χ1v) is 4.05. The number of aliphatic hydroxyl groups excluding tert-OH is 1. The maximum atomic E-state index is 13.4. The minimum atomic E-state index is -1.28. The van der Waals surface area contributed by atoms with Crippen molar-refractivity contribution >= 4 is 12.6 Å². The zero-order chi connectivity index (χ0) is 10.3. The molecule has 14 heavy (non-hydrogen) atoms. The van der Waals surface area contributed by atoms with Crippen LogP contribution in [0.15, 0.2) is 6.07 Å². The van der Waals surface area contributed by atoms with E-state index >= 15 is 0 Å². The third kappa shape index (κ3) is 1.23. The lowest BCUT2D eigenvalue weighted by atomic mass is 9.79. The van der Waals surface area contributed by atoms with Crippen LogP contribution in [0, 0.1) is 11.6 Å². The Hall–Kier alpha value is -0.975. The summed E-state index contributed by atoms with van der Waals surface area (Å²) in [6.07, 6.45) is 0. The summed E-state index contributed by atoms with van der Waals surface area (Å²) in [6, 6.07) is 0.988. The monoisotopic (exact) mass is 200 g/mol. The van der Waals surface area contributed by atoms with E-state index in [1.165, 1.54) is 0 Å². The Morgan fingerprint density at radius 2 is 2.21 bits per heavy atom. The number of hydrogen-bond acceptors (Lipinski definition) is 3. The van der Waals surface area contributed by atoms with E-state index < -0.39 is 25.4 Å². The molecule has 1 heterocycles. The summed E-state index contributed by atoms with van der Waals surface area (Å²) in [5, 5.41) is 17.9. The fourth-order valence-electron chi connectivity index (χ4n) is 1.49. The third-order valence-corrected chi connectivity index (χ3v) is 2.26. The first kappa shape index (κ1) is 9.58. The molecule has 0 aliphatic carbocycles. The summed E-state index contributed by atoms with van der Waals surface area (Å²) < 4.78 is 31.3. The van der Waals surface area contributed by atoms with E-state index in [9.17, 15) is 13.8 Å². The molecule has 0 amide bonds. The summed E-state index contributed by atoms with van der Waals surface area (Å²) in [5.41, 5.74) is -0.179. The van der Waals surface area contributed by atoms with Crippen molar-refractivity contribution in [2.24, 2.45) is 0 Å². The minimum absolute atomic E-state index is 0.0946. The molecule has 1 aliphatic heterocycles. The average molecular weight is 200 g/mol. The van der Waals surface area contributed by atoms with Crippen molar-refractivity contribution in [2.75, 3.05) is 0 Å². The lowest BCUT2D eigenvalue weighted by Gasteiger charge is -2.06. The second kappa shape index (κ2) is 3.31. The van der Waals surface area contributed by atoms with E-state index in [0.717, 1.165) is 6.07 Å². The van der Waals surface area contributed by atoms with E-state index in [1.807, 2.05) is 0 Å². The highest BCUT2D eigenvalue weighted by molar-refractivity contribution is 6.61. The Bertz CT molecular complexity index is 383. The molecule has 1 aliphatic rings. The Morgan fingerprint density at radius 3 is 2.86 bits per heavy atom. The molecule has 3 nitrogen and oxygen atoms in total. The number of halogens is 2. The molecule has 0 aromatic heterocycles. The van der Waals surface area contributed by atoms with Gasteiger partial charge in [0.15, 0.2) is 0 Å². The molecule has 0 unspecified atom stereocenters. The van der Waals surface area contributed by atoms with Gasteiger partial charge in [0.2, 0.25) is 0 Å². The van der Waals surface area contributed by atoms with Gasteiger partial charge < -0.3 is 14.8 Å². The molecule has 74 valence electrons. The molecule has 0 spiro atoms. The largest absolute Gasteiger partial charge is 0.491 e. The van der Waals surface area contributed by atoms with Crippen LogP contribution in [0.5, 0.6) is 0 Å². The fraction of sp³-hybridized carbons (Fsp3) is 0.250. The van der Waals surface area contributed by atoms with Crippen molar-refractivity contribution in [2.45, 2.75) is 13.2 Å². The Morgan fingerprint density at radius 1 is 1.50 bits per heavy atom. The predicted octanol–water partition coefficient (Wildman–Crippen LogP) is -0.325. The van der Waals surface area contributed by atoms with Crippen molar-refractivity contribution in [1.82, 2.24) is 0 Å². The Balaban J connectivity index is 2.63. The van der Waals surface area contributed by atoms with Crippen LogP contribution < -0.4 is 5.46 Å². The van der Waals surface area contributed by atoms with Gasteiger partial charge in [0.1, 0.15) is 11.6 Å². The van der Waals surface area contributed by atoms with Gasteiger partial charge in [0, 0.05) is 11.1 Å². The highest BCUT2D eigenvalue weighted by atomic mass is 19.1. The average Bonchev–Trinajstić information content (AvgIpc) is 2.49. The highest BCUT2D eigenvalue weighted by Gasteiger charge is 2.32. The number of benzene rings is 1. The highest BCUT2D eigenvalue weighted by Crippen LogP contribution is 2.20. The van der Waals surface area contributed by atoms with Crippen LogP contribution in [0.4, 0.5) is 8.78 Å². The minimum Gasteiger partial charge on any atom is -0.423 e. The van der Waals surface area contributed by atoms with Crippen LogP contribution in [-0.2, 0) is 17.9 Å². The maximum absolute atomic E-state index is 13.4. The molecular weight excluding hydrogens is 193 g/mol. The maximum Gasteiger partial charge on any atom is 0.491 e. The zero-order valence-electron chi connectivity index (χ0n) is 7.13. The number of rotatable bonds is 1. The van der Waals surface area contributed by atoms with Gasteiger partial charge in [-0.2, -0.15) is 0 Å². The van der Waals surface area contributed by atoms with Gasteiger partial charge in [-0.25, -0.2) is 8.78 Å². The van der Waals surface area contributed by atoms with Crippen molar-refractivity contribution in [1.29, 1.82) is 0 Å². The lowest BCUT2D eigenvalue weighted by Crippen LogP contribution is -2.29. The van der Waals surface area contributed by atoms with E-state index in [1.54, 1.807) is 0 Å². The van der Waals surface area contributed by atoms with Crippen LogP contribution in [-0.4, -0.2) is 17.2 Å². The Labute approximate surface area is 79.1 Å². The van der Waals surface area contributed by atoms with Gasteiger partial charge in [-0.05, 0) is 11.5 Å². The lowest BCUT2D eigenvalue weighted by molar-refractivity contribution is 0.262. The molecule has 2 rings (SSSR count). The third-order valence-electron chi connectivity index (χ3n) is 2.26. The fourth-order valence-corrected chi connectivity index (χ4v) is 1.49. The van der Waals surface area contributed by atoms with Gasteiger partial charge in [0.05, 0.1) is 13.2 Å². The summed E-state index contributed by atoms with van der Waals surface area (Å²) in [6.45, 7) is -0.809. The van der Waals surface area contributed by atoms with Gasteiger partial charge in [-0.15, -0.1) is 0 Å². The molecular formula is C8H7BF2O3. The van der Waals surface area contributed by atoms with Crippen LogP contribution in [0.25, 0.3) is 0 Å². The molecule has 0 saturated carbocycles. The number of fused-ring (bicyclic) bond motifs is 1. The quantitative estimate of drug-likeness (QED) is 0.610. The van der Waals surface area contributed by atoms with E-state index in [0.29, 0.717) is 0 Å². The van der Waals surface area contributed by atoms with Crippen LogP contribution in [0.2, 0.25) is 0 Å². The van der Waals surface area contributed by atoms with Crippen molar-refractivity contribution in [3.63, 3.8) is 0 Å². The van der Waals surface area contributed by atoms with Crippen LogP contribution in [0.3, 0.4) is 0 Å². The summed E-state index contributed by atoms with van der Waals surface area (Å²) in [5.74, 6) is -1.70. The topological polar surface area (TPSA) is 49.7 Å². The van der Waals surface area contributed by atoms with Crippen LogP contribution in [0.1, 0.15) is 11.1 Å². The van der Waals surface area contributed by atoms with Gasteiger partial charge >= 0.3 is 7.12 Å². The number of aliphatic hydroxyl groups is 1. The molecule has 0 fully saturated rings. The summed E-state index contributed by atoms with van der Waals surface area (Å²) in [4.78, 5) is 0. The Kier molecular flexibility index (Phi) is 2.26. The molecule has 0 radical (unpaired) electrons. The van der Waals surface area contributed by atoms with Gasteiger partial charge in [-0.3, -0.25) is 0 Å². The molecule has 0 atom stereocenters. The first-order valence-electron chi connectivity index (χ1n) is 4.05. The summed E-state index contributed by atoms with van der Waals surface area (Å²) in [7, 11) is -1.28. The molecule has 1 aromatic carbocycles. The second-order valence-electron chi connectivity index (χ2n) is 3.04. The standard InChI is InChI=1S/C8H7BF2O3/c10-7-1-6-5(3-14-9(6)13)8(11)4(7)2-12/h1,12-13H,2-3H2. The molecule has 0 bridgehead atoms. The van der Waals surface area contributed by atoms with E-state index in [-0.39, 0.29) is 23.2 Å². The smallest absolute Gasteiger partial charge is 0.423 e. The normalized spacial score (nSPS) is 14.7. The second-order valence-corrected chi connectivity index (χ2v) is 3.04. The van der Waals surface area contributed by atoms with E-state index in [4.69, 9.17) is 9.76 Å². The molecule has 0 saturated heterocycles. The van der Waals surface area contributed by atoms with Crippen LogP contribution >= 0.6 is 0 Å². The molecule has 1 aromatic rings. The summed E-state index contributed by atoms with van der Waals surface area (Å²) >= 11 is 0. The SMILES string of the molecule is OCc1c(F)cc2c(c1F)COB2O. The van der Waals surface area contributed by atoms with Crippen molar-refractivity contribution in [3.8, 4) is 0 Å². The van der Waals surface area contributed by atoms with Crippen molar-refractivity contribution < 1.29 is 23.6 Å². The van der Waals surface area contributed by atoms with Crippen molar-refractivity contribution in [3.05, 3.63) is 28.8 Å². The van der Waals surface area contributed by atoms with E-state index in [2.05, 4.69) is 0 Å². The van der Waals surface area contributed by atoms with Gasteiger partial charge in [0.25, 0.3) is 0 Å². The zero-order valence-corrected chi connectivity index (χ0v) is 7.13. The molecule has 6 heteroatoms. The predicted molar refractivity (Wildman–Crippen MR) is 44.7 cm³/mol. The number of hydrogen-bond donors (Lipinski definition) is 2. The first-order chi connectivity index (χ1) is 6.65. The van der Waals surface area contributed by atoms with Gasteiger partial charge in [-0.1, -0.05) is 0 Å².